The van der Waals surface area contributed by atoms with Crippen LogP contribution in [-0.2, 0) is 27.4 Å². The summed E-state index contributed by atoms with van der Waals surface area (Å²) in [6, 6.07) is 8.24. The first-order chi connectivity index (χ1) is 12.9. The van der Waals surface area contributed by atoms with Gasteiger partial charge in [-0.2, -0.15) is 13.2 Å². The van der Waals surface area contributed by atoms with Crippen molar-refractivity contribution < 1.29 is 31.1 Å². The van der Waals surface area contributed by atoms with Crippen molar-refractivity contribution in [1.82, 2.24) is 4.31 Å². The summed E-state index contributed by atoms with van der Waals surface area (Å²) in [5.41, 5.74) is -0.288. The van der Waals surface area contributed by atoms with E-state index in [0.29, 0.717) is 5.56 Å². The monoisotopic (exact) mass is 416 g/mol. The van der Waals surface area contributed by atoms with E-state index < -0.39 is 27.7 Å². The summed E-state index contributed by atoms with van der Waals surface area (Å²) in [6.45, 7) is 0. The number of carbonyl (C=O) groups excluding carboxylic acids is 1. The minimum Gasteiger partial charge on any atom is -0.495 e. The molecule has 0 saturated carbocycles. The summed E-state index contributed by atoms with van der Waals surface area (Å²) in [6.07, 6.45) is -4.64. The van der Waals surface area contributed by atoms with E-state index in [1.54, 1.807) is 0 Å². The fraction of sp³-hybridized carbons (Fsp3) is 0.278. The second kappa shape index (κ2) is 8.19. The molecule has 0 fully saturated rings. The number of ether oxygens (including phenoxy) is 1. The van der Waals surface area contributed by atoms with Crippen LogP contribution in [0.4, 0.5) is 18.9 Å². The predicted octanol–water partition coefficient (Wildman–Crippen LogP) is 3.15. The number of benzene rings is 2. The zero-order valence-corrected chi connectivity index (χ0v) is 16.2. The highest BCUT2D eigenvalue weighted by Gasteiger charge is 2.30. The van der Waals surface area contributed by atoms with Crippen LogP contribution in [0.15, 0.2) is 47.4 Å². The summed E-state index contributed by atoms with van der Waals surface area (Å²) < 4.78 is 68.5. The van der Waals surface area contributed by atoms with E-state index in [9.17, 15) is 26.4 Å². The van der Waals surface area contributed by atoms with Crippen LogP contribution in [0, 0.1) is 0 Å². The van der Waals surface area contributed by atoms with Gasteiger partial charge in [-0.05, 0) is 35.9 Å². The van der Waals surface area contributed by atoms with Gasteiger partial charge in [-0.15, -0.1) is 0 Å². The minimum absolute atomic E-state index is 0.0388. The smallest absolute Gasteiger partial charge is 0.416 e. The predicted molar refractivity (Wildman–Crippen MR) is 97.6 cm³/mol. The molecule has 0 bridgehead atoms. The maximum absolute atomic E-state index is 12.6. The Balaban J connectivity index is 2.21. The second-order valence-electron chi connectivity index (χ2n) is 6.07. The number of amides is 1. The van der Waals surface area contributed by atoms with Crippen molar-refractivity contribution in [3.8, 4) is 5.75 Å². The molecule has 0 heterocycles. The number of alkyl halides is 3. The Kier molecular flexibility index (Phi) is 6.35. The second-order valence-corrected chi connectivity index (χ2v) is 8.22. The first-order valence-corrected chi connectivity index (χ1v) is 9.45. The van der Waals surface area contributed by atoms with Crippen molar-refractivity contribution in [2.75, 3.05) is 26.5 Å². The molecular formula is C18H19F3N2O4S. The molecule has 0 saturated heterocycles. The number of sulfonamides is 1. The molecule has 0 atom stereocenters. The molecule has 0 unspecified atom stereocenters. The Hall–Kier alpha value is -2.59. The molecular weight excluding hydrogens is 397 g/mol. The van der Waals surface area contributed by atoms with Gasteiger partial charge in [0, 0.05) is 14.1 Å². The van der Waals surface area contributed by atoms with Gasteiger partial charge in [0.25, 0.3) is 0 Å². The maximum Gasteiger partial charge on any atom is 0.416 e. The summed E-state index contributed by atoms with van der Waals surface area (Å²) in [5.74, 6) is -0.282. The van der Waals surface area contributed by atoms with Gasteiger partial charge < -0.3 is 10.1 Å². The van der Waals surface area contributed by atoms with E-state index in [1.807, 2.05) is 0 Å². The number of hydrogen-bond acceptors (Lipinski definition) is 4. The number of halogens is 3. The summed E-state index contributed by atoms with van der Waals surface area (Å²) >= 11 is 0. The molecule has 2 rings (SSSR count). The first-order valence-electron chi connectivity index (χ1n) is 8.01. The molecule has 0 aliphatic rings. The van der Waals surface area contributed by atoms with Gasteiger partial charge in [0.05, 0.1) is 29.7 Å². The van der Waals surface area contributed by atoms with Gasteiger partial charge in [-0.1, -0.05) is 12.1 Å². The summed E-state index contributed by atoms with van der Waals surface area (Å²) in [7, 11) is 0.399. The molecule has 152 valence electrons. The number of rotatable bonds is 6. The molecule has 28 heavy (non-hydrogen) atoms. The molecule has 2 aromatic carbocycles. The van der Waals surface area contributed by atoms with Crippen LogP contribution in [0.25, 0.3) is 0 Å². The van der Waals surface area contributed by atoms with Crippen LogP contribution in [0.5, 0.6) is 5.75 Å². The lowest BCUT2D eigenvalue weighted by molar-refractivity contribution is -0.137. The van der Waals surface area contributed by atoms with Crippen LogP contribution >= 0.6 is 0 Å². The topological polar surface area (TPSA) is 75.7 Å². The van der Waals surface area contributed by atoms with E-state index in [0.717, 1.165) is 16.4 Å². The number of nitrogens with zero attached hydrogens (tertiary/aromatic N) is 1. The van der Waals surface area contributed by atoms with Crippen molar-refractivity contribution >= 4 is 21.6 Å². The van der Waals surface area contributed by atoms with E-state index in [4.69, 9.17) is 4.74 Å². The van der Waals surface area contributed by atoms with Gasteiger partial charge >= 0.3 is 6.18 Å². The summed E-state index contributed by atoms with van der Waals surface area (Å²) in [5, 5.41) is 2.54. The van der Waals surface area contributed by atoms with Crippen molar-refractivity contribution in [1.29, 1.82) is 0 Å². The van der Waals surface area contributed by atoms with Gasteiger partial charge in [0.2, 0.25) is 15.9 Å². The Labute approximate surface area is 161 Å². The van der Waals surface area contributed by atoms with Crippen molar-refractivity contribution in [2.45, 2.75) is 17.5 Å². The standard InChI is InChI=1S/C18H19F3N2O4S/c1-23(2)28(25,26)14-8-9-16(27-3)15(11-14)22-17(24)10-12-4-6-13(7-5-12)18(19,20)21/h4-9,11H,10H2,1-3H3,(H,22,24). The minimum atomic E-state index is -4.45. The number of methoxy groups -OCH3 is 1. The van der Waals surface area contributed by atoms with Crippen LogP contribution in [-0.4, -0.2) is 39.8 Å². The number of anilines is 1. The fourth-order valence-electron chi connectivity index (χ4n) is 2.35. The Bertz CT molecular complexity index is 956. The lowest BCUT2D eigenvalue weighted by Gasteiger charge is -2.15. The van der Waals surface area contributed by atoms with Crippen molar-refractivity contribution in [2.24, 2.45) is 0 Å². The van der Waals surface area contributed by atoms with Gasteiger partial charge in [-0.3, -0.25) is 4.79 Å². The SMILES string of the molecule is COc1ccc(S(=O)(=O)N(C)C)cc1NC(=O)Cc1ccc(C(F)(F)F)cc1. The average Bonchev–Trinajstić information content (AvgIpc) is 2.61. The highest BCUT2D eigenvalue weighted by molar-refractivity contribution is 7.89. The number of hydrogen-bond donors (Lipinski definition) is 1. The van der Waals surface area contributed by atoms with Gasteiger partial charge in [0.15, 0.2) is 0 Å². The fourth-order valence-corrected chi connectivity index (χ4v) is 3.28. The quantitative estimate of drug-likeness (QED) is 0.785. The van der Waals surface area contributed by atoms with Gasteiger partial charge in [-0.25, -0.2) is 12.7 Å². The Morgan fingerprint density at radius 2 is 1.71 bits per heavy atom. The van der Waals surface area contributed by atoms with Crippen LogP contribution in [0.1, 0.15) is 11.1 Å². The number of nitrogens with one attached hydrogen (secondary N) is 1. The largest absolute Gasteiger partial charge is 0.495 e. The number of carbonyl (C=O) groups is 1. The van der Waals surface area contributed by atoms with Crippen LogP contribution < -0.4 is 10.1 Å². The Morgan fingerprint density at radius 3 is 2.21 bits per heavy atom. The zero-order chi connectivity index (χ0) is 21.1. The molecule has 1 amide bonds. The molecule has 1 N–H and O–H groups in total. The molecule has 0 radical (unpaired) electrons. The highest BCUT2D eigenvalue weighted by Crippen LogP contribution is 2.30. The molecule has 0 spiro atoms. The first kappa shape index (κ1) is 21.7. The Morgan fingerprint density at radius 1 is 1.11 bits per heavy atom. The summed E-state index contributed by atoms with van der Waals surface area (Å²) in [4.78, 5) is 12.2. The van der Waals surface area contributed by atoms with Crippen molar-refractivity contribution in [3.05, 3.63) is 53.6 Å². The van der Waals surface area contributed by atoms with E-state index in [-0.39, 0.29) is 22.8 Å². The molecule has 10 heteroatoms. The van der Waals surface area contributed by atoms with E-state index in [2.05, 4.69) is 5.32 Å². The third-order valence-electron chi connectivity index (χ3n) is 3.87. The lowest BCUT2D eigenvalue weighted by Crippen LogP contribution is -2.22. The third-order valence-corrected chi connectivity index (χ3v) is 5.68. The lowest BCUT2D eigenvalue weighted by atomic mass is 10.1. The average molecular weight is 416 g/mol. The van der Waals surface area contributed by atoms with E-state index >= 15 is 0 Å². The van der Waals surface area contributed by atoms with Crippen LogP contribution in [0.3, 0.4) is 0 Å². The van der Waals surface area contributed by atoms with Crippen LogP contribution in [0.2, 0.25) is 0 Å². The molecule has 0 aliphatic carbocycles. The normalized spacial score (nSPS) is 12.1. The van der Waals surface area contributed by atoms with E-state index in [1.165, 1.54) is 51.5 Å². The molecule has 0 aliphatic heterocycles. The molecule has 2 aromatic rings. The third kappa shape index (κ3) is 5.02. The molecule has 0 aromatic heterocycles. The highest BCUT2D eigenvalue weighted by atomic mass is 32.2. The molecule has 6 nitrogen and oxygen atoms in total. The zero-order valence-electron chi connectivity index (χ0n) is 15.4. The maximum atomic E-state index is 12.6. The van der Waals surface area contributed by atoms with Crippen molar-refractivity contribution in [3.63, 3.8) is 0 Å². The van der Waals surface area contributed by atoms with Gasteiger partial charge in [0.1, 0.15) is 5.75 Å².